The van der Waals surface area contributed by atoms with Crippen molar-refractivity contribution in [1.29, 1.82) is 0 Å². The first kappa shape index (κ1) is 11.9. The van der Waals surface area contributed by atoms with Crippen LogP contribution in [-0.2, 0) is 0 Å². The smallest absolute Gasteiger partial charge is 0.149 e. The van der Waals surface area contributed by atoms with Crippen molar-refractivity contribution in [3.63, 3.8) is 0 Å². The van der Waals surface area contributed by atoms with E-state index in [0.717, 1.165) is 27.2 Å². The number of nitrogen functional groups attached to an aromatic ring is 1. The quantitative estimate of drug-likeness (QED) is 0.901. The Labute approximate surface area is 114 Å². The summed E-state index contributed by atoms with van der Waals surface area (Å²) in [6, 6.07) is 0.490. The number of hydrogen-bond acceptors (Lipinski definition) is 6. The molecule has 6 heteroatoms. The lowest BCUT2D eigenvalue weighted by Crippen LogP contribution is -2.16. The molecule has 0 spiro atoms. The van der Waals surface area contributed by atoms with Gasteiger partial charge in [-0.15, -0.1) is 11.3 Å². The molecule has 0 saturated heterocycles. The summed E-state index contributed by atoms with van der Waals surface area (Å²) in [7, 11) is 0. The Bertz CT molecular complexity index is 556. The second kappa shape index (κ2) is 4.51. The van der Waals surface area contributed by atoms with Gasteiger partial charge in [0.1, 0.15) is 15.8 Å². The molecular formula is C12H16N4S2. The van der Waals surface area contributed by atoms with Gasteiger partial charge >= 0.3 is 0 Å². The van der Waals surface area contributed by atoms with Gasteiger partial charge in [-0.3, -0.25) is 0 Å². The summed E-state index contributed by atoms with van der Waals surface area (Å²) in [5, 5.41) is 7.60. The normalized spacial score (nSPS) is 16.8. The number of anilines is 2. The molecule has 1 unspecified atom stereocenters. The van der Waals surface area contributed by atoms with E-state index < -0.39 is 0 Å². The Hall–Kier alpha value is -1.14. The van der Waals surface area contributed by atoms with E-state index in [1.807, 2.05) is 12.3 Å². The summed E-state index contributed by atoms with van der Waals surface area (Å²) in [4.78, 5) is 4.51. The van der Waals surface area contributed by atoms with E-state index in [4.69, 9.17) is 5.73 Å². The largest absolute Gasteiger partial charge is 0.382 e. The van der Waals surface area contributed by atoms with Crippen LogP contribution >= 0.6 is 22.9 Å². The number of hydrogen-bond donors (Lipinski definition) is 2. The van der Waals surface area contributed by atoms with Crippen LogP contribution in [0.25, 0.3) is 10.6 Å². The van der Waals surface area contributed by atoms with Gasteiger partial charge in [-0.25, -0.2) is 4.98 Å². The van der Waals surface area contributed by atoms with Crippen LogP contribution in [0.5, 0.6) is 0 Å². The third-order valence-electron chi connectivity index (χ3n) is 3.24. The third kappa shape index (κ3) is 2.22. The van der Waals surface area contributed by atoms with Gasteiger partial charge in [0, 0.05) is 17.1 Å². The molecule has 1 atom stereocenters. The summed E-state index contributed by atoms with van der Waals surface area (Å²) >= 11 is 3.06. The number of aryl methyl sites for hydroxylation is 1. The van der Waals surface area contributed by atoms with Crippen LogP contribution in [0.15, 0.2) is 5.38 Å². The monoisotopic (exact) mass is 280 g/mol. The van der Waals surface area contributed by atoms with E-state index in [1.165, 1.54) is 24.4 Å². The average Bonchev–Trinajstić information content (AvgIpc) is 3.02. The van der Waals surface area contributed by atoms with E-state index in [0.29, 0.717) is 11.9 Å². The molecule has 0 amide bonds. The highest BCUT2D eigenvalue weighted by atomic mass is 32.1. The Morgan fingerprint density at radius 2 is 2.28 bits per heavy atom. The second-order valence-electron chi connectivity index (χ2n) is 4.84. The van der Waals surface area contributed by atoms with Gasteiger partial charge in [-0.2, -0.15) is 4.37 Å². The summed E-state index contributed by atoms with van der Waals surface area (Å²) in [6.07, 6.45) is 2.66. The van der Waals surface area contributed by atoms with E-state index in [9.17, 15) is 0 Å². The van der Waals surface area contributed by atoms with E-state index in [-0.39, 0.29) is 0 Å². The van der Waals surface area contributed by atoms with Crippen LogP contribution in [0.3, 0.4) is 0 Å². The van der Waals surface area contributed by atoms with Crippen molar-refractivity contribution in [3.05, 3.63) is 11.1 Å². The van der Waals surface area contributed by atoms with Crippen LogP contribution in [0.4, 0.5) is 10.8 Å². The zero-order valence-corrected chi connectivity index (χ0v) is 12.1. The molecule has 0 radical (unpaired) electrons. The topological polar surface area (TPSA) is 63.8 Å². The van der Waals surface area contributed by atoms with Gasteiger partial charge in [0.25, 0.3) is 0 Å². The van der Waals surface area contributed by atoms with Gasteiger partial charge in [-0.1, -0.05) is 0 Å². The zero-order chi connectivity index (χ0) is 12.7. The predicted molar refractivity (Wildman–Crippen MR) is 78.2 cm³/mol. The SMILES string of the molecule is Cc1csc(-c2c(N)nsc2NC(C)C2CC2)n1. The van der Waals surface area contributed by atoms with Crippen LogP contribution in [0.2, 0.25) is 0 Å². The van der Waals surface area contributed by atoms with Gasteiger partial charge in [0.05, 0.1) is 5.56 Å². The van der Waals surface area contributed by atoms with E-state index in [1.54, 1.807) is 11.3 Å². The summed E-state index contributed by atoms with van der Waals surface area (Å²) in [6.45, 7) is 4.22. The number of nitrogens with one attached hydrogen (secondary N) is 1. The first-order valence-electron chi connectivity index (χ1n) is 6.09. The van der Waals surface area contributed by atoms with Crippen molar-refractivity contribution in [2.45, 2.75) is 32.7 Å². The van der Waals surface area contributed by atoms with Gasteiger partial charge in [-0.05, 0) is 44.1 Å². The highest BCUT2D eigenvalue weighted by Gasteiger charge is 2.29. The standard InChI is InChI=1S/C12H16N4S2/c1-6-5-17-11(14-6)9-10(13)16-18-12(9)15-7(2)8-3-4-8/h5,7-8,15H,3-4H2,1-2H3,(H2,13,16). The number of thiazole rings is 1. The molecule has 0 bridgehead atoms. The fourth-order valence-corrected chi connectivity index (χ4v) is 3.73. The molecule has 1 aliphatic rings. The number of aromatic nitrogens is 2. The maximum atomic E-state index is 5.98. The molecule has 18 heavy (non-hydrogen) atoms. The molecule has 0 aromatic carbocycles. The van der Waals surface area contributed by atoms with Crippen LogP contribution in [-0.4, -0.2) is 15.4 Å². The second-order valence-corrected chi connectivity index (χ2v) is 6.47. The van der Waals surface area contributed by atoms with E-state index >= 15 is 0 Å². The van der Waals surface area contributed by atoms with Gasteiger partial charge in [0.2, 0.25) is 0 Å². The highest BCUT2D eigenvalue weighted by molar-refractivity contribution is 7.15. The first-order chi connectivity index (χ1) is 8.65. The molecule has 2 heterocycles. The van der Waals surface area contributed by atoms with Crippen LogP contribution in [0, 0.1) is 12.8 Å². The third-order valence-corrected chi connectivity index (χ3v) is 5.01. The van der Waals surface area contributed by atoms with Crippen LogP contribution in [0.1, 0.15) is 25.5 Å². The Morgan fingerprint density at radius 3 is 2.89 bits per heavy atom. The first-order valence-corrected chi connectivity index (χ1v) is 7.74. The predicted octanol–water partition coefficient (Wildman–Crippen LogP) is 3.37. The fourth-order valence-electron chi connectivity index (χ4n) is 2.00. The zero-order valence-electron chi connectivity index (χ0n) is 10.4. The number of nitrogens with two attached hydrogens (primary N) is 1. The van der Waals surface area contributed by atoms with Gasteiger partial charge < -0.3 is 11.1 Å². The molecule has 1 aliphatic carbocycles. The molecule has 2 aromatic heterocycles. The van der Waals surface area contributed by atoms with Crippen molar-refractivity contribution in [2.24, 2.45) is 5.92 Å². The molecule has 96 valence electrons. The Kier molecular flexibility index (Phi) is 2.99. The lowest BCUT2D eigenvalue weighted by Gasteiger charge is -2.13. The molecular weight excluding hydrogens is 264 g/mol. The lowest BCUT2D eigenvalue weighted by molar-refractivity contribution is 0.696. The molecule has 4 nitrogen and oxygen atoms in total. The Morgan fingerprint density at radius 1 is 1.50 bits per heavy atom. The van der Waals surface area contributed by atoms with E-state index in [2.05, 4.69) is 21.6 Å². The highest BCUT2D eigenvalue weighted by Crippen LogP contribution is 2.41. The summed E-state index contributed by atoms with van der Waals surface area (Å²) in [5.74, 6) is 1.39. The van der Waals surface area contributed by atoms with Crippen molar-refractivity contribution >= 4 is 33.7 Å². The van der Waals surface area contributed by atoms with Gasteiger partial charge in [0.15, 0.2) is 0 Å². The Balaban J connectivity index is 1.90. The van der Waals surface area contributed by atoms with Crippen molar-refractivity contribution < 1.29 is 0 Å². The number of rotatable bonds is 4. The fraction of sp³-hybridized carbons (Fsp3) is 0.500. The van der Waals surface area contributed by atoms with Crippen molar-refractivity contribution in [1.82, 2.24) is 9.36 Å². The van der Waals surface area contributed by atoms with Crippen LogP contribution < -0.4 is 11.1 Å². The minimum atomic E-state index is 0.490. The molecule has 3 N–H and O–H groups in total. The summed E-state index contributed by atoms with van der Waals surface area (Å²) < 4.78 is 4.26. The maximum absolute atomic E-state index is 5.98. The molecule has 2 aromatic rings. The minimum absolute atomic E-state index is 0.490. The average molecular weight is 280 g/mol. The maximum Gasteiger partial charge on any atom is 0.149 e. The molecule has 1 saturated carbocycles. The summed E-state index contributed by atoms with van der Waals surface area (Å²) in [5.41, 5.74) is 7.98. The lowest BCUT2D eigenvalue weighted by atomic mass is 10.2. The van der Waals surface area contributed by atoms with Crippen molar-refractivity contribution in [3.8, 4) is 10.6 Å². The molecule has 3 rings (SSSR count). The molecule has 0 aliphatic heterocycles. The minimum Gasteiger partial charge on any atom is -0.382 e. The number of nitrogens with zero attached hydrogens (tertiary/aromatic N) is 2. The van der Waals surface area contributed by atoms with Crippen molar-refractivity contribution in [2.75, 3.05) is 11.1 Å². The molecule has 1 fully saturated rings.